The van der Waals surface area contributed by atoms with Gasteiger partial charge in [0.1, 0.15) is 0 Å². The summed E-state index contributed by atoms with van der Waals surface area (Å²) in [5, 5.41) is 2.93. The summed E-state index contributed by atoms with van der Waals surface area (Å²) in [4.78, 5) is 27.1. The first-order valence-corrected chi connectivity index (χ1v) is 8.41. The smallest absolute Gasteiger partial charge is 0.255 e. The highest BCUT2D eigenvalue weighted by Gasteiger charge is 2.21. The Morgan fingerprint density at radius 3 is 2.36 bits per heavy atom. The maximum atomic E-state index is 12.7. The fourth-order valence-corrected chi connectivity index (χ4v) is 2.96. The van der Waals surface area contributed by atoms with Crippen LogP contribution in [-0.2, 0) is 4.74 Å². The number of carbonyl (C=O) groups is 2. The topological polar surface area (TPSA) is 58.6 Å². The van der Waals surface area contributed by atoms with Crippen LogP contribution in [0.5, 0.6) is 0 Å². The Morgan fingerprint density at radius 2 is 1.64 bits per heavy atom. The number of nitrogens with zero attached hydrogens (tertiary/aromatic N) is 1. The van der Waals surface area contributed by atoms with Crippen molar-refractivity contribution in [2.24, 2.45) is 0 Å². The van der Waals surface area contributed by atoms with E-state index in [1.807, 2.05) is 38.1 Å². The van der Waals surface area contributed by atoms with E-state index in [4.69, 9.17) is 4.74 Å². The number of rotatable bonds is 3. The molecule has 25 heavy (non-hydrogen) atoms. The Bertz CT molecular complexity index is 795. The van der Waals surface area contributed by atoms with Crippen molar-refractivity contribution in [1.82, 2.24) is 4.90 Å². The summed E-state index contributed by atoms with van der Waals surface area (Å²) in [6.07, 6.45) is 0. The summed E-state index contributed by atoms with van der Waals surface area (Å²) in [7, 11) is 0. The van der Waals surface area contributed by atoms with E-state index in [9.17, 15) is 9.59 Å². The SMILES string of the molecule is Cc1ccccc1C(=O)Nc1cccc(C(=O)N2CCOCC2)c1C. The number of morpholine rings is 1. The average Bonchev–Trinajstić information content (AvgIpc) is 2.64. The molecule has 1 N–H and O–H groups in total. The van der Waals surface area contributed by atoms with Crippen molar-refractivity contribution in [3.63, 3.8) is 0 Å². The highest BCUT2D eigenvalue weighted by Crippen LogP contribution is 2.22. The third kappa shape index (κ3) is 3.72. The lowest BCUT2D eigenvalue weighted by atomic mass is 10.0. The van der Waals surface area contributed by atoms with Crippen LogP contribution in [0.1, 0.15) is 31.8 Å². The summed E-state index contributed by atoms with van der Waals surface area (Å²) in [5.74, 6) is -0.190. The fraction of sp³-hybridized carbons (Fsp3) is 0.300. The summed E-state index contributed by atoms with van der Waals surface area (Å²) < 4.78 is 5.30. The third-order valence-corrected chi connectivity index (χ3v) is 4.50. The molecule has 130 valence electrons. The van der Waals surface area contributed by atoms with E-state index in [1.54, 1.807) is 23.1 Å². The van der Waals surface area contributed by atoms with Crippen molar-refractivity contribution in [1.29, 1.82) is 0 Å². The van der Waals surface area contributed by atoms with Crippen LogP contribution >= 0.6 is 0 Å². The number of ether oxygens (including phenoxy) is 1. The number of amides is 2. The number of nitrogens with one attached hydrogen (secondary N) is 1. The van der Waals surface area contributed by atoms with Crippen LogP contribution in [0.4, 0.5) is 5.69 Å². The number of anilines is 1. The van der Waals surface area contributed by atoms with E-state index in [0.717, 1.165) is 11.1 Å². The summed E-state index contributed by atoms with van der Waals surface area (Å²) in [6.45, 7) is 6.08. The zero-order chi connectivity index (χ0) is 17.8. The van der Waals surface area contributed by atoms with Crippen molar-refractivity contribution in [3.8, 4) is 0 Å². The molecule has 1 aliphatic rings. The molecule has 1 saturated heterocycles. The first kappa shape index (κ1) is 17.2. The van der Waals surface area contributed by atoms with Gasteiger partial charge in [-0.3, -0.25) is 9.59 Å². The Morgan fingerprint density at radius 1 is 0.960 bits per heavy atom. The van der Waals surface area contributed by atoms with Gasteiger partial charge in [-0.2, -0.15) is 0 Å². The van der Waals surface area contributed by atoms with E-state index in [-0.39, 0.29) is 11.8 Å². The minimum Gasteiger partial charge on any atom is -0.378 e. The largest absolute Gasteiger partial charge is 0.378 e. The van der Waals surface area contributed by atoms with Gasteiger partial charge in [0.25, 0.3) is 11.8 Å². The van der Waals surface area contributed by atoms with Gasteiger partial charge in [0.05, 0.1) is 13.2 Å². The van der Waals surface area contributed by atoms with E-state index in [1.165, 1.54) is 0 Å². The Kier molecular flexibility index (Phi) is 5.14. The van der Waals surface area contributed by atoms with Crippen LogP contribution in [0.25, 0.3) is 0 Å². The molecule has 5 heteroatoms. The number of hydrogen-bond donors (Lipinski definition) is 1. The first-order valence-electron chi connectivity index (χ1n) is 8.41. The Balaban J connectivity index is 1.82. The Labute approximate surface area is 147 Å². The lowest BCUT2D eigenvalue weighted by Gasteiger charge is -2.27. The quantitative estimate of drug-likeness (QED) is 0.936. The maximum absolute atomic E-state index is 12.7. The van der Waals surface area contributed by atoms with Crippen LogP contribution in [0.2, 0.25) is 0 Å². The Hall–Kier alpha value is -2.66. The minimum absolute atomic E-state index is 0.0206. The van der Waals surface area contributed by atoms with Gasteiger partial charge in [-0.1, -0.05) is 24.3 Å². The van der Waals surface area contributed by atoms with Gasteiger partial charge in [0.2, 0.25) is 0 Å². The zero-order valence-electron chi connectivity index (χ0n) is 14.5. The molecule has 2 aromatic carbocycles. The fourth-order valence-electron chi connectivity index (χ4n) is 2.96. The lowest BCUT2D eigenvalue weighted by molar-refractivity contribution is 0.0302. The van der Waals surface area contributed by atoms with E-state index in [0.29, 0.717) is 43.1 Å². The second-order valence-corrected chi connectivity index (χ2v) is 6.15. The van der Waals surface area contributed by atoms with Gasteiger partial charge in [0, 0.05) is 29.9 Å². The number of benzene rings is 2. The molecule has 0 aliphatic carbocycles. The normalized spacial score (nSPS) is 14.2. The molecule has 1 aliphatic heterocycles. The highest BCUT2D eigenvalue weighted by molar-refractivity contribution is 6.06. The molecule has 1 heterocycles. The molecule has 2 aromatic rings. The summed E-state index contributed by atoms with van der Waals surface area (Å²) in [5.41, 5.74) is 3.60. The van der Waals surface area contributed by atoms with Gasteiger partial charge in [-0.25, -0.2) is 0 Å². The molecule has 0 atom stereocenters. The van der Waals surface area contributed by atoms with Gasteiger partial charge >= 0.3 is 0 Å². The number of carbonyl (C=O) groups excluding carboxylic acids is 2. The van der Waals surface area contributed by atoms with Crippen LogP contribution in [0, 0.1) is 13.8 Å². The maximum Gasteiger partial charge on any atom is 0.255 e. The van der Waals surface area contributed by atoms with E-state index in [2.05, 4.69) is 5.32 Å². The lowest BCUT2D eigenvalue weighted by Crippen LogP contribution is -2.41. The molecule has 0 radical (unpaired) electrons. The molecule has 0 aromatic heterocycles. The predicted molar refractivity (Wildman–Crippen MR) is 97.0 cm³/mol. The van der Waals surface area contributed by atoms with Crippen LogP contribution in [0.15, 0.2) is 42.5 Å². The molecule has 0 saturated carbocycles. The number of aryl methyl sites for hydroxylation is 1. The third-order valence-electron chi connectivity index (χ3n) is 4.50. The van der Waals surface area contributed by atoms with Crippen molar-refractivity contribution >= 4 is 17.5 Å². The average molecular weight is 338 g/mol. The van der Waals surface area contributed by atoms with Crippen LogP contribution < -0.4 is 5.32 Å². The second-order valence-electron chi connectivity index (χ2n) is 6.15. The van der Waals surface area contributed by atoms with Gasteiger partial charge in [-0.15, -0.1) is 0 Å². The van der Waals surface area contributed by atoms with Gasteiger partial charge in [-0.05, 0) is 43.2 Å². The van der Waals surface area contributed by atoms with Gasteiger partial charge in [0.15, 0.2) is 0 Å². The molecule has 1 fully saturated rings. The molecule has 0 spiro atoms. The van der Waals surface area contributed by atoms with Crippen molar-refractivity contribution in [2.75, 3.05) is 31.6 Å². The molecule has 3 rings (SSSR count). The van der Waals surface area contributed by atoms with E-state index < -0.39 is 0 Å². The van der Waals surface area contributed by atoms with E-state index >= 15 is 0 Å². The zero-order valence-corrected chi connectivity index (χ0v) is 14.5. The first-order chi connectivity index (χ1) is 12.1. The van der Waals surface area contributed by atoms with Crippen LogP contribution in [-0.4, -0.2) is 43.0 Å². The predicted octanol–water partition coefficient (Wildman–Crippen LogP) is 3.03. The van der Waals surface area contributed by atoms with Crippen molar-refractivity contribution in [3.05, 3.63) is 64.7 Å². The molecule has 0 unspecified atom stereocenters. The standard InChI is InChI=1S/C20H22N2O3/c1-14-6-3-4-7-16(14)19(23)21-18-9-5-8-17(15(18)2)20(24)22-10-12-25-13-11-22/h3-9H,10-13H2,1-2H3,(H,21,23). The van der Waals surface area contributed by atoms with Crippen LogP contribution in [0.3, 0.4) is 0 Å². The summed E-state index contributed by atoms with van der Waals surface area (Å²) in [6, 6.07) is 12.9. The second kappa shape index (κ2) is 7.49. The molecule has 0 bridgehead atoms. The molecule has 5 nitrogen and oxygen atoms in total. The molecular weight excluding hydrogens is 316 g/mol. The van der Waals surface area contributed by atoms with Crippen molar-refractivity contribution in [2.45, 2.75) is 13.8 Å². The number of hydrogen-bond acceptors (Lipinski definition) is 3. The molecule has 2 amide bonds. The van der Waals surface area contributed by atoms with Gasteiger partial charge < -0.3 is 15.0 Å². The summed E-state index contributed by atoms with van der Waals surface area (Å²) >= 11 is 0. The highest BCUT2D eigenvalue weighted by atomic mass is 16.5. The minimum atomic E-state index is -0.169. The monoisotopic (exact) mass is 338 g/mol. The molecular formula is C20H22N2O3. The van der Waals surface area contributed by atoms with Crippen molar-refractivity contribution < 1.29 is 14.3 Å².